The number of nitrogens with zero attached hydrogens (tertiary/aromatic N) is 2. The first-order chi connectivity index (χ1) is 7.83. The zero-order valence-electron chi connectivity index (χ0n) is 11.3. The maximum absolute atomic E-state index is 8.60. The Balaban J connectivity index is -0.0000000343. The largest absolute Gasteiger partial charge is 3.00 e. The summed E-state index contributed by atoms with van der Waals surface area (Å²) in [5.41, 5.74) is 13.2. The average molecular weight is 403 g/mol. The summed E-state index contributed by atoms with van der Waals surface area (Å²) in [6, 6.07) is 0. The van der Waals surface area contributed by atoms with E-state index in [0.717, 1.165) is 13.1 Å². The van der Waals surface area contributed by atoms with Gasteiger partial charge in [-0.1, -0.05) is 13.8 Å². The van der Waals surface area contributed by atoms with Crippen molar-refractivity contribution in [1.29, 1.82) is 0 Å². The van der Waals surface area contributed by atoms with Gasteiger partial charge >= 0.3 is 16.8 Å². The number of nitrogens with one attached hydrogen (secondary N) is 2. The molecule has 8 nitrogen and oxygen atoms in total. The Morgan fingerprint density at radius 3 is 1.15 bits per heavy atom. The van der Waals surface area contributed by atoms with E-state index in [4.69, 9.17) is 30.1 Å². The van der Waals surface area contributed by atoms with Crippen LogP contribution >= 0.6 is 0 Å². The van der Waals surface area contributed by atoms with Gasteiger partial charge < -0.3 is 46.9 Å². The van der Waals surface area contributed by atoms with Crippen molar-refractivity contribution in [1.82, 2.24) is 0 Å². The molecule has 0 bridgehead atoms. The molecule has 0 atom stereocenters. The summed E-state index contributed by atoms with van der Waals surface area (Å²) in [6.07, 6.45) is 0. The van der Waals surface area contributed by atoms with Crippen molar-refractivity contribution in [3.8, 4) is 0 Å². The Hall–Kier alpha value is 1.06. The molecular weight excluding hydrogens is 381 g/mol. The standard InChI is InChI=1S/2C4H10N2.ClHO4.2ClH.Co/c2*1-2-6-4-3-5;2-1(3,4)5;;;/h2*5H,2-4H2,1H3;(H,2,3,4,5);2*1H;/q2*-2;;;;+3/p-2. The molecule has 0 spiro atoms. The Kier molecular flexibility index (Phi) is 60.0. The summed E-state index contributed by atoms with van der Waals surface area (Å²) >= 11 is 0. The van der Waals surface area contributed by atoms with E-state index < -0.39 is 10.2 Å². The van der Waals surface area contributed by atoms with Gasteiger partial charge in [-0.15, -0.1) is 0 Å². The first-order valence-electron chi connectivity index (χ1n) is 5.02. The van der Waals surface area contributed by atoms with Crippen LogP contribution in [-0.2, 0) is 16.8 Å². The Morgan fingerprint density at radius 2 is 1.10 bits per heavy atom. The summed E-state index contributed by atoms with van der Waals surface area (Å²) in [5, 5.41) is 7.81. The minimum absolute atomic E-state index is 0. The third kappa shape index (κ3) is 125. The molecule has 0 amide bonds. The second-order valence-corrected chi connectivity index (χ2v) is 3.21. The third-order valence-electron chi connectivity index (χ3n) is 0.987. The van der Waals surface area contributed by atoms with Gasteiger partial charge in [0.15, 0.2) is 0 Å². The molecule has 12 heteroatoms. The van der Waals surface area contributed by atoms with Crippen LogP contribution in [0.15, 0.2) is 0 Å². The molecular formula is C8H21Cl3CoN4O4-3. The number of hydrogen-bond donors (Lipinski definition) is 1. The van der Waals surface area contributed by atoms with Crippen molar-refractivity contribution in [2.24, 2.45) is 0 Å². The molecule has 0 radical (unpaired) electrons. The van der Waals surface area contributed by atoms with Gasteiger partial charge in [0.25, 0.3) is 0 Å². The molecule has 0 saturated carbocycles. The minimum Gasteiger partial charge on any atom is -1.00 e. The molecule has 0 aromatic carbocycles. The summed E-state index contributed by atoms with van der Waals surface area (Å²) in [7, 11) is -4.69. The van der Waals surface area contributed by atoms with Gasteiger partial charge in [-0.2, -0.15) is 53.2 Å². The van der Waals surface area contributed by atoms with Crippen LogP contribution in [0.4, 0.5) is 0 Å². The van der Waals surface area contributed by atoms with Crippen LogP contribution < -0.4 is 38.8 Å². The van der Waals surface area contributed by atoms with E-state index in [1.54, 1.807) is 0 Å². The van der Waals surface area contributed by atoms with E-state index in [0.29, 0.717) is 26.2 Å². The van der Waals surface area contributed by atoms with Gasteiger partial charge in [0.1, 0.15) is 0 Å². The van der Waals surface area contributed by atoms with E-state index in [9.17, 15) is 0 Å². The predicted molar refractivity (Wildman–Crippen MR) is 58.1 cm³/mol. The molecule has 0 unspecified atom stereocenters. The SMILES string of the molecule is CC[N-]CC[NH-].CC[N-]CC[NH-].[Cl-].[Cl-].[Co+3].[O-][Cl+3]([O-])([O-])O. The number of likely N-dealkylation sites (N-methyl/N-ethyl adjacent to an activating group) is 2. The normalized spacial score (nSPS) is 8.40. The van der Waals surface area contributed by atoms with E-state index in [-0.39, 0.29) is 41.6 Å². The Morgan fingerprint density at radius 1 is 0.900 bits per heavy atom. The Labute approximate surface area is 145 Å². The molecule has 0 heterocycles. The summed E-state index contributed by atoms with van der Waals surface area (Å²) < 4.78 is 32.7. The van der Waals surface area contributed by atoms with Gasteiger partial charge in [-0.25, -0.2) is 0 Å². The number of rotatable bonds is 6. The molecule has 0 fully saturated rings. The van der Waals surface area contributed by atoms with Crippen LogP contribution in [-0.4, -0.2) is 43.9 Å². The molecule has 3 N–H and O–H groups in total. The van der Waals surface area contributed by atoms with Crippen LogP contribution in [0.5, 0.6) is 0 Å². The van der Waals surface area contributed by atoms with Crippen LogP contribution in [0.1, 0.15) is 13.8 Å². The van der Waals surface area contributed by atoms with Crippen molar-refractivity contribution in [2.45, 2.75) is 13.8 Å². The molecule has 0 aliphatic rings. The fraction of sp³-hybridized carbons (Fsp3) is 1.00. The second kappa shape index (κ2) is 32.1. The van der Waals surface area contributed by atoms with Crippen molar-refractivity contribution in [2.75, 3.05) is 39.3 Å². The monoisotopic (exact) mass is 401 g/mol. The second-order valence-electron chi connectivity index (χ2n) is 2.42. The fourth-order valence-electron chi connectivity index (χ4n) is 0.474. The molecule has 130 valence electrons. The molecule has 0 aliphatic carbocycles. The number of hydrogen-bond acceptors (Lipinski definition) is 4. The van der Waals surface area contributed by atoms with Crippen molar-refractivity contribution >= 4 is 0 Å². The van der Waals surface area contributed by atoms with Gasteiger partial charge in [-0.3, -0.25) is 0 Å². The fourth-order valence-corrected chi connectivity index (χ4v) is 0.474. The van der Waals surface area contributed by atoms with Gasteiger partial charge in [0.2, 0.25) is 0 Å². The van der Waals surface area contributed by atoms with E-state index in [1.807, 2.05) is 13.8 Å². The van der Waals surface area contributed by atoms with Crippen LogP contribution in [0, 0.1) is 10.2 Å². The van der Waals surface area contributed by atoms with Gasteiger partial charge in [0.05, 0.1) is 14.9 Å². The molecule has 0 rings (SSSR count). The average Bonchev–Trinajstić information content (AvgIpc) is 2.22. The number of halogens is 3. The van der Waals surface area contributed by atoms with Crippen LogP contribution in [0.25, 0.3) is 22.1 Å². The van der Waals surface area contributed by atoms with Crippen molar-refractivity contribution < 1.29 is 70.5 Å². The van der Waals surface area contributed by atoms with Crippen LogP contribution in [0.2, 0.25) is 0 Å². The maximum atomic E-state index is 8.60. The minimum atomic E-state index is -4.69. The van der Waals surface area contributed by atoms with Gasteiger partial charge in [-0.05, 0) is 0 Å². The maximum Gasteiger partial charge on any atom is 3.00 e. The van der Waals surface area contributed by atoms with E-state index >= 15 is 0 Å². The topological polar surface area (TPSA) is 165 Å². The van der Waals surface area contributed by atoms with E-state index in [1.165, 1.54) is 0 Å². The summed E-state index contributed by atoms with van der Waals surface area (Å²) in [6.45, 7) is 7.97. The molecule has 0 aromatic rings. The zero-order chi connectivity index (χ0) is 14.2. The summed E-state index contributed by atoms with van der Waals surface area (Å²) in [4.78, 5) is 0. The molecule has 20 heavy (non-hydrogen) atoms. The first kappa shape index (κ1) is 37.4. The summed E-state index contributed by atoms with van der Waals surface area (Å²) in [5.74, 6) is 0. The smallest absolute Gasteiger partial charge is 1.00 e. The van der Waals surface area contributed by atoms with Crippen molar-refractivity contribution in [3.05, 3.63) is 22.1 Å². The van der Waals surface area contributed by atoms with Crippen LogP contribution in [0.3, 0.4) is 0 Å². The quantitative estimate of drug-likeness (QED) is 0.436. The van der Waals surface area contributed by atoms with E-state index in [2.05, 4.69) is 10.6 Å². The predicted octanol–water partition coefficient (Wildman–Crippen LogP) is -7.25. The van der Waals surface area contributed by atoms with Gasteiger partial charge in [0, 0.05) is 0 Å². The van der Waals surface area contributed by atoms with Crippen molar-refractivity contribution in [3.63, 3.8) is 0 Å². The zero-order valence-corrected chi connectivity index (χ0v) is 14.6. The molecule has 0 aromatic heterocycles. The third-order valence-corrected chi connectivity index (χ3v) is 0.987. The molecule has 0 saturated heterocycles. The first-order valence-corrected chi connectivity index (χ1v) is 6.28. The Bertz CT molecular complexity index is 117. The molecule has 0 aliphatic heterocycles.